The topological polar surface area (TPSA) is 63.6 Å². The van der Waals surface area contributed by atoms with Gasteiger partial charge in [0.15, 0.2) is 0 Å². The average Bonchev–Trinajstić information content (AvgIpc) is 2.32. The minimum Gasteiger partial charge on any atom is -0.508 e. The number of hydrogen-bond donors (Lipinski definition) is 1. The molecule has 0 bridgehead atoms. The third-order valence-corrected chi connectivity index (χ3v) is 3.41. The maximum absolute atomic E-state index is 12.7. The minimum absolute atomic E-state index is 0.00142. The summed E-state index contributed by atoms with van der Waals surface area (Å²) in [6.07, 6.45) is 0. The Labute approximate surface area is 103 Å². The largest absolute Gasteiger partial charge is 0.508 e. The van der Waals surface area contributed by atoms with Gasteiger partial charge in [-0.1, -0.05) is 0 Å². The van der Waals surface area contributed by atoms with Crippen LogP contribution in [-0.2, 0) is 10.1 Å². The van der Waals surface area contributed by atoms with E-state index < -0.39 is 15.9 Å². The summed E-state index contributed by atoms with van der Waals surface area (Å²) in [5, 5.41) is 9.06. The first-order chi connectivity index (χ1) is 8.47. The van der Waals surface area contributed by atoms with Crippen LogP contribution in [0.4, 0.5) is 4.39 Å². The summed E-state index contributed by atoms with van der Waals surface area (Å²) >= 11 is 0. The lowest BCUT2D eigenvalue weighted by Gasteiger charge is -2.06. The number of benzene rings is 2. The van der Waals surface area contributed by atoms with Gasteiger partial charge in [0, 0.05) is 0 Å². The van der Waals surface area contributed by atoms with Gasteiger partial charge < -0.3 is 9.29 Å². The summed E-state index contributed by atoms with van der Waals surface area (Å²) in [5.74, 6) is -0.461. The number of aromatic hydroxyl groups is 1. The van der Waals surface area contributed by atoms with Gasteiger partial charge in [-0.3, -0.25) is 0 Å². The molecule has 2 rings (SSSR count). The van der Waals surface area contributed by atoms with Gasteiger partial charge in [-0.15, -0.1) is 0 Å². The predicted molar refractivity (Wildman–Crippen MR) is 62.3 cm³/mol. The second-order valence-electron chi connectivity index (χ2n) is 3.49. The van der Waals surface area contributed by atoms with Crippen molar-refractivity contribution in [3.63, 3.8) is 0 Å². The van der Waals surface area contributed by atoms with Crippen molar-refractivity contribution < 1.29 is 22.1 Å². The van der Waals surface area contributed by atoms with Crippen molar-refractivity contribution in [1.82, 2.24) is 0 Å². The third kappa shape index (κ3) is 2.78. The predicted octanol–water partition coefficient (Wildman–Crippen LogP) is 2.30. The van der Waals surface area contributed by atoms with E-state index in [1.165, 1.54) is 24.3 Å². The highest BCUT2D eigenvalue weighted by atomic mass is 32.2. The molecule has 0 amide bonds. The Balaban J connectivity index is 2.27. The molecule has 1 N–H and O–H groups in total. The van der Waals surface area contributed by atoms with Crippen molar-refractivity contribution in [2.45, 2.75) is 4.90 Å². The monoisotopic (exact) mass is 268 g/mol. The van der Waals surface area contributed by atoms with Crippen molar-refractivity contribution in [2.24, 2.45) is 0 Å². The first kappa shape index (κ1) is 12.4. The smallest absolute Gasteiger partial charge is 0.339 e. The van der Waals surface area contributed by atoms with E-state index in [4.69, 9.17) is 9.29 Å². The van der Waals surface area contributed by atoms with E-state index in [1.54, 1.807) is 0 Å². The van der Waals surface area contributed by atoms with Crippen molar-refractivity contribution in [3.8, 4) is 11.5 Å². The molecule has 0 fully saturated rings. The summed E-state index contributed by atoms with van der Waals surface area (Å²) in [7, 11) is -3.99. The summed E-state index contributed by atoms with van der Waals surface area (Å²) in [4.78, 5) is -0.142. The lowest BCUT2D eigenvalue weighted by molar-refractivity contribution is 0.468. The van der Waals surface area contributed by atoms with Crippen LogP contribution >= 0.6 is 0 Å². The molecule has 0 unspecified atom stereocenters. The van der Waals surface area contributed by atoms with E-state index in [0.717, 1.165) is 24.3 Å². The summed E-state index contributed by atoms with van der Waals surface area (Å²) in [6, 6.07) is 9.54. The average molecular weight is 268 g/mol. The number of rotatable bonds is 3. The van der Waals surface area contributed by atoms with Crippen LogP contribution < -0.4 is 4.18 Å². The van der Waals surface area contributed by atoms with E-state index in [9.17, 15) is 12.8 Å². The zero-order chi connectivity index (χ0) is 13.2. The van der Waals surface area contributed by atoms with Gasteiger partial charge in [0.2, 0.25) is 0 Å². The Morgan fingerprint density at radius 3 is 2.06 bits per heavy atom. The van der Waals surface area contributed by atoms with E-state index >= 15 is 0 Å². The van der Waals surface area contributed by atoms with Gasteiger partial charge in [-0.05, 0) is 48.5 Å². The van der Waals surface area contributed by atoms with E-state index in [2.05, 4.69) is 0 Å². The standard InChI is InChI=1S/C12H9FO4S/c13-9-1-7-12(8-2-9)18(15,16)17-11-5-3-10(14)4-6-11/h1-8,14H. The van der Waals surface area contributed by atoms with E-state index in [1.807, 2.05) is 0 Å². The van der Waals surface area contributed by atoms with Crippen LogP contribution in [0.2, 0.25) is 0 Å². The van der Waals surface area contributed by atoms with Gasteiger partial charge >= 0.3 is 10.1 Å². The van der Waals surface area contributed by atoms with Crippen LogP contribution in [0.1, 0.15) is 0 Å². The maximum atomic E-state index is 12.7. The second kappa shape index (κ2) is 4.66. The molecule has 0 heterocycles. The molecule has 18 heavy (non-hydrogen) atoms. The number of hydrogen-bond acceptors (Lipinski definition) is 4. The molecule has 0 saturated carbocycles. The molecule has 0 atom stereocenters. The van der Waals surface area contributed by atoms with Crippen molar-refractivity contribution in [3.05, 3.63) is 54.3 Å². The molecule has 6 heteroatoms. The van der Waals surface area contributed by atoms with Gasteiger partial charge in [0.05, 0.1) is 0 Å². The molecule has 94 valence electrons. The highest BCUT2D eigenvalue weighted by Gasteiger charge is 2.16. The fourth-order valence-electron chi connectivity index (χ4n) is 1.28. The normalized spacial score (nSPS) is 11.2. The number of phenols is 1. The minimum atomic E-state index is -3.99. The zero-order valence-electron chi connectivity index (χ0n) is 9.08. The molecule has 2 aromatic carbocycles. The number of halogens is 1. The molecule has 0 saturated heterocycles. The molecular formula is C12H9FO4S. The van der Waals surface area contributed by atoms with Crippen LogP contribution in [-0.4, -0.2) is 13.5 Å². The molecule has 0 aliphatic carbocycles. The molecule has 0 aliphatic heterocycles. The van der Waals surface area contributed by atoms with E-state index in [-0.39, 0.29) is 16.4 Å². The summed E-state index contributed by atoms with van der Waals surface area (Å²) in [5.41, 5.74) is 0. The fourth-order valence-corrected chi connectivity index (χ4v) is 2.21. The highest BCUT2D eigenvalue weighted by molar-refractivity contribution is 7.87. The summed E-state index contributed by atoms with van der Waals surface area (Å²) < 4.78 is 41.1. The first-order valence-corrected chi connectivity index (χ1v) is 6.37. The summed E-state index contributed by atoms with van der Waals surface area (Å²) in [6.45, 7) is 0. The molecule has 4 nitrogen and oxygen atoms in total. The van der Waals surface area contributed by atoms with Gasteiger partial charge in [-0.2, -0.15) is 8.42 Å². The Kier molecular flexibility index (Phi) is 3.20. The van der Waals surface area contributed by atoms with Crippen LogP contribution in [0.15, 0.2) is 53.4 Å². The lowest BCUT2D eigenvalue weighted by atomic mass is 10.3. The molecule has 0 aromatic heterocycles. The van der Waals surface area contributed by atoms with Crippen molar-refractivity contribution in [2.75, 3.05) is 0 Å². The molecule has 2 aromatic rings. The molecule has 0 radical (unpaired) electrons. The quantitative estimate of drug-likeness (QED) is 0.867. The highest BCUT2D eigenvalue weighted by Crippen LogP contribution is 2.21. The Hall–Kier alpha value is -2.08. The fraction of sp³-hybridized carbons (Fsp3) is 0. The van der Waals surface area contributed by atoms with Crippen molar-refractivity contribution >= 4 is 10.1 Å². The van der Waals surface area contributed by atoms with Crippen LogP contribution in [0.3, 0.4) is 0 Å². The van der Waals surface area contributed by atoms with Gasteiger partial charge in [0.25, 0.3) is 0 Å². The Bertz CT molecular complexity index is 633. The van der Waals surface area contributed by atoms with Crippen LogP contribution in [0, 0.1) is 5.82 Å². The van der Waals surface area contributed by atoms with Gasteiger partial charge in [-0.25, -0.2) is 4.39 Å². The molecule has 0 aliphatic rings. The van der Waals surface area contributed by atoms with E-state index in [0.29, 0.717) is 0 Å². The van der Waals surface area contributed by atoms with Crippen molar-refractivity contribution in [1.29, 1.82) is 0 Å². The zero-order valence-corrected chi connectivity index (χ0v) is 9.89. The Morgan fingerprint density at radius 2 is 1.50 bits per heavy atom. The lowest BCUT2D eigenvalue weighted by Crippen LogP contribution is -2.09. The molecule has 0 spiro atoms. The molecular weight excluding hydrogens is 259 g/mol. The maximum Gasteiger partial charge on any atom is 0.339 e. The first-order valence-electron chi connectivity index (χ1n) is 4.96. The Morgan fingerprint density at radius 1 is 0.944 bits per heavy atom. The van der Waals surface area contributed by atoms with Crippen LogP contribution in [0.5, 0.6) is 11.5 Å². The number of phenolic OH excluding ortho intramolecular Hbond substituents is 1. The van der Waals surface area contributed by atoms with Gasteiger partial charge in [0.1, 0.15) is 22.2 Å². The third-order valence-electron chi connectivity index (χ3n) is 2.14. The SMILES string of the molecule is O=S(=O)(Oc1ccc(O)cc1)c1ccc(F)cc1. The van der Waals surface area contributed by atoms with Crippen LogP contribution in [0.25, 0.3) is 0 Å². The second-order valence-corrected chi connectivity index (χ2v) is 5.03.